The van der Waals surface area contributed by atoms with Gasteiger partial charge >= 0.3 is 5.97 Å². The van der Waals surface area contributed by atoms with Crippen LogP contribution in [0.4, 0.5) is 0 Å². The van der Waals surface area contributed by atoms with Crippen LogP contribution in [-0.4, -0.2) is 29.3 Å². The van der Waals surface area contributed by atoms with E-state index < -0.39 is 23.6 Å². The Morgan fingerprint density at radius 2 is 1.84 bits per heavy atom. The maximum atomic E-state index is 12.0. The number of carbonyl (C=O) groups is 3. The first-order valence-corrected chi connectivity index (χ1v) is 5.69. The molecule has 0 saturated heterocycles. The van der Waals surface area contributed by atoms with Gasteiger partial charge in [-0.2, -0.15) is 0 Å². The second-order valence-electron chi connectivity index (χ2n) is 4.11. The van der Waals surface area contributed by atoms with Gasteiger partial charge in [0.1, 0.15) is 5.92 Å². The Labute approximate surface area is 110 Å². The van der Waals surface area contributed by atoms with Crippen molar-refractivity contribution in [2.75, 3.05) is 6.54 Å². The number of carboxylic acids is 1. The summed E-state index contributed by atoms with van der Waals surface area (Å²) in [5, 5.41) is 11.4. The Kier molecular flexibility index (Phi) is 5.00. The van der Waals surface area contributed by atoms with E-state index in [2.05, 4.69) is 11.9 Å². The van der Waals surface area contributed by atoms with Crippen LogP contribution in [0.5, 0.6) is 0 Å². The van der Waals surface area contributed by atoms with Gasteiger partial charge in [0.25, 0.3) is 0 Å². The number of benzene rings is 1. The highest BCUT2D eigenvalue weighted by Gasteiger charge is 2.27. The van der Waals surface area contributed by atoms with Crippen molar-refractivity contribution in [3.05, 3.63) is 48.0 Å². The van der Waals surface area contributed by atoms with Crippen molar-refractivity contribution < 1.29 is 19.5 Å². The van der Waals surface area contributed by atoms with Crippen LogP contribution in [0.2, 0.25) is 0 Å². The Balaban J connectivity index is 2.79. The number of amides is 1. The average molecular weight is 261 g/mol. The van der Waals surface area contributed by atoms with E-state index in [9.17, 15) is 14.4 Å². The monoisotopic (exact) mass is 261 g/mol. The number of rotatable bonds is 6. The largest absolute Gasteiger partial charge is 0.481 e. The van der Waals surface area contributed by atoms with Crippen molar-refractivity contribution in [2.24, 2.45) is 5.92 Å². The Bertz CT molecular complexity index is 507. The van der Waals surface area contributed by atoms with E-state index in [1.165, 1.54) is 6.92 Å². The third kappa shape index (κ3) is 4.06. The molecule has 19 heavy (non-hydrogen) atoms. The normalized spacial score (nSPS) is 11.4. The highest BCUT2D eigenvalue weighted by molar-refractivity contribution is 6.08. The number of carbonyl (C=O) groups excluding carboxylic acids is 2. The summed E-state index contributed by atoms with van der Waals surface area (Å²) in [5.74, 6) is -3.57. The molecular weight excluding hydrogens is 246 g/mol. The summed E-state index contributed by atoms with van der Waals surface area (Å²) in [6.07, 6.45) is 0. The number of hydrogen-bond donors (Lipinski definition) is 2. The van der Waals surface area contributed by atoms with E-state index in [0.717, 1.165) is 0 Å². The van der Waals surface area contributed by atoms with Crippen molar-refractivity contribution in [3.8, 4) is 0 Å². The zero-order chi connectivity index (χ0) is 14.4. The Hall–Kier alpha value is -2.43. The molecule has 1 aromatic carbocycles. The molecule has 0 saturated carbocycles. The Morgan fingerprint density at radius 1 is 1.26 bits per heavy atom. The zero-order valence-corrected chi connectivity index (χ0v) is 10.6. The van der Waals surface area contributed by atoms with Crippen molar-refractivity contribution in [1.82, 2.24) is 5.32 Å². The number of aliphatic carboxylic acids is 1. The molecule has 5 nitrogen and oxygen atoms in total. The van der Waals surface area contributed by atoms with Crippen LogP contribution in [-0.2, 0) is 9.59 Å². The third-order valence-corrected chi connectivity index (χ3v) is 2.53. The Morgan fingerprint density at radius 3 is 2.32 bits per heavy atom. The molecule has 0 aromatic heterocycles. The van der Waals surface area contributed by atoms with Gasteiger partial charge in [0.05, 0.1) is 0 Å². The SMILES string of the molecule is C=C(C)C(=O)NCC(C(=O)O)C(=O)c1ccccc1. The van der Waals surface area contributed by atoms with E-state index in [0.29, 0.717) is 5.56 Å². The fraction of sp³-hybridized carbons (Fsp3) is 0.214. The smallest absolute Gasteiger partial charge is 0.316 e. The maximum Gasteiger partial charge on any atom is 0.316 e. The van der Waals surface area contributed by atoms with Gasteiger partial charge in [-0.1, -0.05) is 36.9 Å². The van der Waals surface area contributed by atoms with Crippen LogP contribution in [0.25, 0.3) is 0 Å². The molecule has 5 heteroatoms. The summed E-state index contributed by atoms with van der Waals surface area (Å²) in [5.41, 5.74) is 0.566. The first-order chi connectivity index (χ1) is 8.93. The van der Waals surface area contributed by atoms with Gasteiger partial charge in [0.15, 0.2) is 5.78 Å². The van der Waals surface area contributed by atoms with E-state index in [1.807, 2.05) is 0 Å². The summed E-state index contributed by atoms with van der Waals surface area (Å²) in [4.78, 5) is 34.4. The minimum Gasteiger partial charge on any atom is -0.481 e. The second-order valence-corrected chi connectivity index (χ2v) is 4.11. The summed E-state index contributed by atoms with van der Waals surface area (Å²) in [7, 11) is 0. The molecule has 1 aromatic rings. The molecule has 0 aliphatic carbocycles. The molecule has 0 aliphatic rings. The van der Waals surface area contributed by atoms with Crippen LogP contribution in [0, 0.1) is 5.92 Å². The lowest BCUT2D eigenvalue weighted by atomic mass is 9.97. The molecule has 0 bridgehead atoms. The van der Waals surface area contributed by atoms with Gasteiger partial charge in [0.2, 0.25) is 5.91 Å². The zero-order valence-electron chi connectivity index (χ0n) is 10.6. The van der Waals surface area contributed by atoms with Gasteiger partial charge in [-0.25, -0.2) is 0 Å². The standard InChI is InChI=1S/C14H15NO4/c1-9(2)13(17)15-8-11(14(18)19)12(16)10-6-4-3-5-7-10/h3-7,11H,1,8H2,2H3,(H,15,17)(H,18,19). The molecule has 1 amide bonds. The number of ketones is 1. The van der Waals surface area contributed by atoms with Crippen LogP contribution in [0.3, 0.4) is 0 Å². The summed E-state index contributed by atoms with van der Waals surface area (Å²) in [6.45, 7) is 4.69. The van der Waals surface area contributed by atoms with Gasteiger partial charge in [-0.3, -0.25) is 14.4 Å². The lowest BCUT2D eigenvalue weighted by molar-refractivity contribution is -0.139. The molecule has 1 rings (SSSR count). The van der Waals surface area contributed by atoms with Crippen LogP contribution < -0.4 is 5.32 Å². The highest BCUT2D eigenvalue weighted by Crippen LogP contribution is 2.09. The highest BCUT2D eigenvalue weighted by atomic mass is 16.4. The fourth-order valence-electron chi connectivity index (χ4n) is 1.44. The van der Waals surface area contributed by atoms with Gasteiger partial charge in [-0.15, -0.1) is 0 Å². The molecular formula is C14H15NO4. The van der Waals surface area contributed by atoms with Crippen molar-refractivity contribution in [1.29, 1.82) is 0 Å². The van der Waals surface area contributed by atoms with E-state index in [4.69, 9.17) is 5.11 Å². The molecule has 2 N–H and O–H groups in total. The minimum absolute atomic E-state index is 0.255. The topological polar surface area (TPSA) is 83.5 Å². The number of Topliss-reactive ketones (excluding diaryl/α,β-unsaturated/α-hetero) is 1. The molecule has 0 aliphatic heterocycles. The second kappa shape index (κ2) is 6.49. The van der Waals surface area contributed by atoms with Crippen molar-refractivity contribution in [3.63, 3.8) is 0 Å². The van der Waals surface area contributed by atoms with Gasteiger partial charge in [-0.05, 0) is 6.92 Å². The van der Waals surface area contributed by atoms with Gasteiger partial charge in [0, 0.05) is 17.7 Å². The summed E-state index contributed by atoms with van der Waals surface area (Å²) < 4.78 is 0. The third-order valence-electron chi connectivity index (χ3n) is 2.53. The van der Waals surface area contributed by atoms with Crippen molar-refractivity contribution in [2.45, 2.75) is 6.92 Å². The van der Waals surface area contributed by atoms with E-state index >= 15 is 0 Å². The predicted octanol–water partition coefficient (Wildman–Crippen LogP) is 1.26. The van der Waals surface area contributed by atoms with Gasteiger partial charge < -0.3 is 10.4 Å². The quantitative estimate of drug-likeness (QED) is 0.459. The first-order valence-electron chi connectivity index (χ1n) is 5.69. The molecule has 0 fully saturated rings. The van der Waals surface area contributed by atoms with E-state index in [1.54, 1.807) is 30.3 Å². The summed E-state index contributed by atoms with van der Waals surface area (Å²) >= 11 is 0. The van der Waals surface area contributed by atoms with Crippen LogP contribution in [0.15, 0.2) is 42.5 Å². The predicted molar refractivity (Wildman–Crippen MR) is 69.7 cm³/mol. The maximum absolute atomic E-state index is 12.0. The number of carboxylic acid groups (broad SMARTS) is 1. The van der Waals surface area contributed by atoms with Crippen molar-refractivity contribution >= 4 is 17.7 Å². The van der Waals surface area contributed by atoms with Crippen LogP contribution in [0.1, 0.15) is 17.3 Å². The lowest BCUT2D eigenvalue weighted by Crippen LogP contribution is -2.37. The first kappa shape index (κ1) is 14.6. The molecule has 1 unspecified atom stereocenters. The summed E-state index contributed by atoms with van der Waals surface area (Å²) in [6, 6.07) is 8.12. The fourth-order valence-corrected chi connectivity index (χ4v) is 1.44. The molecule has 100 valence electrons. The minimum atomic E-state index is -1.30. The lowest BCUT2D eigenvalue weighted by Gasteiger charge is -2.12. The number of nitrogens with one attached hydrogen (secondary N) is 1. The number of hydrogen-bond acceptors (Lipinski definition) is 3. The average Bonchev–Trinajstić information content (AvgIpc) is 2.38. The molecule has 0 radical (unpaired) electrons. The molecule has 0 heterocycles. The molecule has 1 atom stereocenters. The van der Waals surface area contributed by atoms with Crippen LogP contribution >= 0.6 is 0 Å². The van der Waals surface area contributed by atoms with E-state index in [-0.39, 0.29) is 12.1 Å². The molecule has 0 spiro atoms.